The van der Waals surface area contributed by atoms with Crippen LogP contribution in [0.5, 0.6) is 0 Å². The van der Waals surface area contributed by atoms with Gasteiger partial charge in [-0.3, -0.25) is 9.48 Å². The number of nitrogens with one attached hydrogen (secondary N) is 1. The number of halogens is 1. The van der Waals surface area contributed by atoms with Gasteiger partial charge in [0.25, 0.3) is 5.91 Å². The monoisotopic (exact) mass is 371 g/mol. The molecule has 0 aliphatic rings. The first kappa shape index (κ1) is 17.9. The van der Waals surface area contributed by atoms with Crippen LogP contribution < -0.4 is 5.32 Å². The summed E-state index contributed by atoms with van der Waals surface area (Å²) in [5.41, 5.74) is 1.27. The summed E-state index contributed by atoms with van der Waals surface area (Å²) in [6.07, 6.45) is -0.989. The topological polar surface area (TPSA) is 73.2 Å². The van der Waals surface area contributed by atoms with E-state index in [9.17, 15) is 9.59 Å². The number of carbonyl (C=O) groups excluding carboxylic acids is 2. The van der Waals surface area contributed by atoms with Crippen LogP contribution in [0.3, 0.4) is 0 Å². The van der Waals surface area contributed by atoms with Crippen molar-refractivity contribution in [2.24, 2.45) is 7.05 Å². The number of fused-ring (bicyclic) bond motifs is 1. The molecule has 7 heteroatoms. The van der Waals surface area contributed by atoms with Gasteiger partial charge >= 0.3 is 5.97 Å². The lowest BCUT2D eigenvalue weighted by molar-refractivity contribution is -0.123. The minimum Gasteiger partial charge on any atom is -0.449 e. The summed E-state index contributed by atoms with van der Waals surface area (Å²) >= 11 is 6.07. The van der Waals surface area contributed by atoms with E-state index >= 15 is 0 Å². The van der Waals surface area contributed by atoms with E-state index in [1.807, 2.05) is 36.4 Å². The second-order valence-electron chi connectivity index (χ2n) is 5.94. The maximum Gasteiger partial charge on any atom is 0.343 e. The summed E-state index contributed by atoms with van der Waals surface area (Å²) in [7, 11) is 1.63. The minimum atomic E-state index is -0.989. The van der Waals surface area contributed by atoms with E-state index in [2.05, 4.69) is 10.4 Å². The summed E-state index contributed by atoms with van der Waals surface area (Å²) < 4.78 is 6.65. The molecule has 26 heavy (non-hydrogen) atoms. The van der Waals surface area contributed by atoms with Crippen molar-refractivity contribution in [1.29, 1.82) is 0 Å². The molecule has 0 fully saturated rings. The van der Waals surface area contributed by atoms with Gasteiger partial charge in [-0.2, -0.15) is 5.10 Å². The first-order valence-corrected chi connectivity index (χ1v) is 8.45. The van der Waals surface area contributed by atoms with Gasteiger partial charge in [-0.1, -0.05) is 48.0 Å². The van der Waals surface area contributed by atoms with Crippen molar-refractivity contribution in [3.63, 3.8) is 0 Å². The number of hydrogen-bond donors (Lipinski definition) is 1. The molecule has 0 aliphatic carbocycles. The highest BCUT2D eigenvalue weighted by atomic mass is 35.5. The fraction of sp³-hybridized carbons (Fsp3) is 0.211. The van der Waals surface area contributed by atoms with E-state index in [0.29, 0.717) is 11.4 Å². The number of anilines is 1. The standard InChI is InChI=1S/C19H18ClN3O3/c1-11-16(17(20)23(3)22-11)19(25)26-12(2)18(24)21-15-10-6-8-13-7-4-5-9-14(13)15/h4-10,12H,1-3H3,(H,21,24). The van der Waals surface area contributed by atoms with Gasteiger partial charge in [-0.25, -0.2) is 4.79 Å². The van der Waals surface area contributed by atoms with Crippen molar-refractivity contribution in [2.75, 3.05) is 5.32 Å². The van der Waals surface area contributed by atoms with Crippen molar-refractivity contribution in [2.45, 2.75) is 20.0 Å². The number of nitrogens with zero attached hydrogens (tertiary/aromatic N) is 2. The maximum atomic E-state index is 12.5. The molecule has 0 saturated carbocycles. The van der Waals surface area contributed by atoms with Crippen molar-refractivity contribution >= 4 is 39.9 Å². The van der Waals surface area contributed by atoms with E-state index in [0.717, 1.165) is 10.8 Å². The van der Waals surface area contributed by atoms with Crippen LogP contribution in [0.25, 0.3) is 10.8 Å². The minimum absolute atomic E-state index is 0.166. The lowest BCUT2D eigenvalue weighted by Gasteiger charge is -2.14. The second kappa shape index (κ2) is 7.17. The fourth-order valence-electron chi connectivity index (χ4n) is 2.70. The highest BCUT2D eigenvalue weighted by Crippen LogP contribution is 2.24. The molecule has 6 nitrogen and oxygen atoms in total. The molecular formula is C19H18ClN3O3. The molecule has 2 aromatic carbocycles. The zero-order valence-corrected chi connectivity index (χ0v) is 15.4. The lowest BCUT2D eigenvalue weighted by Crippen LogP contribution is -2.30. The summed E-state index contributed by atoms with van der Waals surface area (Å²) in [5, 5.41) is 8.97. The molecule has 1 aromatic heterocycles. The van der Waals surface area contributed by atoms with Gasteiger partial charge in [0, 0.05) is 18.1 Å². The van der Waals surface area contributed by atoms with Crippen LogP contribution in [-0.2, 0) is 16.6 Å². The van der Waals surface area contributed by atoms with Crippen LogP contribution in [0.15, 0.2) is 42.5 Å². The quantitative estimate of drug-likeness (QED) is 0.709. The molecule has 1 N–H and O–H groups in total. The molecule has 0 aliphatic heterocycles. The molecule has 1 atom stereocenters. The van der Waals surface area contributed by atoms with E-state index in [-0.39, 0.29) is 10.7 Å². The average Bonchev–Trinajstić information content (AvgIpc) is 2.87. The molecular weight excluding hydrogens is 354 g/mol. The van der Waals surface area contributed by atoms with E-state index in [1.54, 1.807) is 20.0 Å². The molecule has 0 bridgehead atoms. The summed E-state index contributed by atoms with van der Waals surface area (Å²) in [4.78, 5) is 24.8. The number of carbonyl (C=O) groups is 2. The van der Waals surface area contributed by atoms with Crippen LogP contribution in [0.4, 0.5) is 5.69 Å². The molecule has 1 amide bonds. The van der Waals surface area contributed by atoms with Gasteiger partial charge in [-0.15, -0.1) is 0 Å². The first-order chi connectivity index (χ1) is 12.4. The Balaban J connectivity index is 1.74. The Labute approximate surface area is 155 Å². The van der Waals surface area contributed by atoms with Crippen molar-refractivity contribution in [3.8, 4) is 0 Å². The third kappa shape index (κ3) is 3.41. The van der Waals surface area contributed by atoms with E-state index in [1.165, 1.54) is 11.6 Å². The zero-order chi connectivity index (χ0) is 18.8. The van der Waals surface area contributed by atoms with Gasteiger partial charge in [0.1, 0.15) is 10.7 Å². The van der Waals surface area contributed by atoms with Crippen LogP contribution in [0.2, 0.25) is 5.15 Å². The maximum absolute atomic E-state index is 12.5. The van der Waals surface area contributed by atoms with Crippen LogP contribution >= 0.6 is 11.6 Å². The number of rotatable bonds is 4. The van der Waals surface area contributed by atoms with Crippen LogP contribution in [-0.4, -0.2) is 27.8 Å². The Morgan fingerprint density at radius 1 is 1.19 bits per heavy atom. The molecule has 134 valence electrons. The first-order valence-electron chi connectivity index (χ1n) is 8.07. The highest BCUT2D eigenvalue weighted by Gasteiger charge is 2.25. The number of ether oxygens (including phenoxy) is 1. The van der Waals surface area contributed by atoms with Gasteiger partial charge < -0.3 is 10.1 Å². The summed E-state index contributed by atoms with van der Waals surface area (Å²) in [6.45, 7) is 3.17. The Morgan fingerprint density at radius 2 is 1.88 bits per heavy atom. The van der Waals surface area contributed by atoms with Crippen molar-refractivity contribution in [1.82, 2.24) is 9.78 Å². The van der Waals surface area contributed by atoms with E-state index in [4.69, 9.17) is 16.3 Å². The number of benzene rings is 2. The Morgan fingerprint density at radius 3 is 2.58 bits per heavy atom. The summed E-state index contributed by atoms with van der Waals surface area (Å²) in [5.74, 6) is -1.10. The molecule has 0 spiro atoms. The van der Waals surface area contributed by atoms with Crippen molar-refractivity contribution in [3.05, 3.63) is 58.9 Å². The third-order valence-corrected chi connectivity index (χ3v) is 4.49. The number of esters is 1. The average molecular weight is 372 g/mol. The molecule has 1 unspecified atom stereocenters. The van der Waals surface area contributed by atoms with Gasteiger partial charge in [-0.05, 0) is 25.3 Å². The predicted molar refractivity (Wildman–Crippen MR) is 100 cm³/mol. The Kier molecular flexibility index (Phi) is 4.95. The third-order valence-electron chi connectivity index (χ3n) is 4.06. The molecule has 3 aromatic rings. The molecule has 0 saturated heterocycles. The second-order valence-corrected chi connectivity index (χ2v) is 6.30. The van der Waals surface area contributed by atoms with Crippen molar-refractivity contribution < 1.29 is 14.3 Å². The smallest absolute Gasteiger partial charge is 0.343 e. The van der Waals surface area contributed by atoms with Gasteiger partial charge in [0.05, 0.1) is 5.69 Å². The normalized spacial score (nSPS) is 12.0. The van der Waals surface area contributed by atoms with Crippen LogP contribution in [0.1, 0.15) is 23.0 Å². The molecule has 3 rings (SSSR count). The van der Waals surface area contributed by atoms with Gasteiger partial charge in [0.2, 0.25) is 0 Å². The highest BCUT2D eigenvalue weighted by molar-refractivity contribution is 6.32. The number of aromatic nitrogens is 2. The molecule has 0 radical (unpaired) electrons. The number of aryl methyl sites for hydroxylation is 2. The lowest BCUT2D eigenvalue weighted by atomic mass is 10.1. The Hall–Kier alpha value is -2.86. The fourth-order valence-corrected chi connectivity index (χ4v) is 2.96. The zero-order valence-electron chi connectivity index (χ0n) is 14.6. The predicted octanol–water partition coefficient (Wildman–Crippen LogP) is 3.72. The summed E-state index contributed by atoms with van der Waals surface area (Å²) in [6, 6.07) is 13.3. The van der Waals surface area contributed by atoms with E-state index < -0.39 is 18.0 Å². The van der Waals surface area contributed by atoms with Gasteiger partial charge in [0.15, 0.2) is 6.10 Å². The SMILES string of the molecule is Cc1nn(C)c(Cl)c1C(=O)OC(C)C(=O)Nc1cccc2ccccc12. The largest absolute Gasteiger partial charge is 0.449 e. The molecule has 1 heterocycles. The number of amides is 1. The number of hydrogen-bond acceptors (Lipinski definition) is 4. The van der Waals surface area contributed by atoms with Crippen LogP contribution in [0, 0.1) is 6.92 Å². The Bertz CT molecular complexity index is 992.